The minimum absolute atomic E-state index is 0.0673. The summed E-state index contributed by atoms with van der Waals surface area (Å²) in [5.74, 6) is 0.815. The Morgan fingerprint density at radius 1 is 1.26 bits per heavy atom. The highest BCUT2D eigenvalue weighted by molar-refractivity contribution is 7.91. The van der Waals surface area contributed by atoms with Crippen molar-refractivity contribution < 1.29 is 17.9 Å². The molecule has 1 aliphatic heterocycles. The molecule has 0 aliphatic carbocycles. The minimum Gasteiger partial charge on any atom is -0.488 e. The van der Waals surface area contributed by atoms with Crippen LogP contribution in [0.1, 0.15) is 44.5 Å². The Labute approximate surface area is 138 Å². The number of sulfone groups is 1. The van der Waals surface area contributed by atoms with E-state index in [1.54, 1.807) is 29.2 Å². The van der Waals surface area contributed by atoms with Gasteiger partial charge in [-0.25, -0.2) is 8.42 Å². The van der Waals surface area contributed by atoms with Gasteiger partial charge in [-0.1, -0.05) is 0 Å². The number of benzene rings is 1. The zero-order valence-electron chi connectivity index (χ0n) is 14.2. The van der Waals surface area contributed by atoms with E-state index >= 15 is 0 Å². The lowest BCUT2D eigenvalue weighted by atomic mass is 10.1. The Hall–Kier alpha value is -1.56. The molecule has 1 unspecified atom stereocenters. The SMILES string of the molecule is CCN(C(=O)c1ccc(OC(C)(C)C)cc1)C1CCS(=O)(=O)C1. The Bertz CT molecular complexity index is 659. The summed E-state index contributed by atoms with van der Waals surface area (Å²) >= 11 is 0. The van der Waals surface area contributed by atoms with Gasteiger partial charge in [-0.3, -0.25) is 4.79 Å². The largest absolute Gasteiger partial charge is 0.488 e. The van der Waals surface area contributed by atoms with Crippen molar-refractivity contribution in [1.82, 2.24) is 4.90 Å². The first-order chi connectivity index (χ1) is 10.6. The molecule has 1 atom stereocenters. The number of carbonyl (C=O) groups excluding carboxylic acids is 1. The lowest BCUT2D eigenvalue weighted by Crippen LogP contribution is -2.40. The number of ether oxygens (including phenoxy) is 1. The highest BCUT2D eigenvalue weighted by Gasteiger charge is 2.34. The van der Waals surface area contributed by atoms with Crippen molar-refractivity contribution in [1.29, 1.82) is 0 Å². The maximum atomic E-state index is 12.7. The molecule has 0 N–H and O–H groups in total. The molecular formula is C17H25NO4S. The number of hydrogen-bond acceptors (Lipinski definition) is 4. The summed E-state index contributed by atoms with van der Waals surface area (Å²) in [6.07, 6.45) is 0.521. The van der Waals surface area contributed by atoms with Gasteiger partial charge in [0.2, 0.25) is 0 Å². The van der Waals surface area contributed by atoms with Crippen molar-refractivity contribution in [2.24, 2.45) is 0 Å². The second-order valence-electron chi connectivity index (χ2n) is 6.89. The van der Waals surface area contributed by atoms with Crippen LogP contribution in [0, 0.1) is 0 Å². The lowest BCUT2D eigenvalue weighted by molar-refractivity contribution is 0.0708. The Morgan fingerprint density at radius 3 is 2.30 bits per heavy atom. The van der Waals surface area contributed by atoms with Crippen LogP contribution in [0.15, 0.2) is 24.3 Å². The Morgan fingerprint density at radius 2 is 1.87 bits per heavy atom. The zero-order chi connectivity index (χ0) is 17.3. The first-order valence-electron chi connectivity index (χ1n) is 7.92. The van der Waals surface area contributed by atoms with Crippen molar-refractivity contribution in [3.05, 3.63) is 29.8 Å². The molecule has 1 aliphatic rings. The van der Waals surface area contributed by atoms with Crippen molar-refractivity contribution in [3.63, 3.8) is 0 Å². The van der Waals surface area contributed by atoms with Gasteiger partial charge in [-0.2, -0.15) is 0 Å². The first-order valence-corrected chi connectivity index (χ1v) is 9.74. The van der Waals surface area contributed by atoms with Gasteiger partial charge in [-0.05, 0) is 58.4 Å². The van der Waals surface area contributed by atoms with Crippen LogP contribution in [0.5, 0.6) is 5.75 Å². The number of amides is 1. The van der Waals surface area contributed by atoms with Gasteiger partial charge in [0.1, 0.15) is 11.4 Å². The summed E-state index contributed by atoms with van der Waals surface area (Å²) in [6, 6.07) is 6.79. The molecular weight excluding hydrogens is 314 g/mol. The standard InChI is InChI=1S/C17H25NO4S/c1-5-18(14-10-11-23(20,21)12-14)16(19)13-6-8-15(9-7-13)22-17(2,3)4/h6-9,14H,5,10-12H2,1-4H3. The molecule has 6 heteroatoms. The van der Waals surface area contributed by atoms with Gasteiger partial charge in [0, 0.05) is 18.2 Å². The van der Waals surface area contributed by atoms with Crippen LogP contribution in [-0.2, 0) is 9.84 Å². The second kappa shape index (κ2) is 6.51. The average Bonchev–Trinajstić information content (AvgIpc) is 2.78. The molecule has 1 aromatic rings. The number of rotatable bonds is 4. The lowest BCUT2D eigenvalue weighted by Gasteiger charge is -2.27. The Kier molecular flexibility index (Phi) is 5.04. The van der Waals surface area contributed by atoms with Crippen LogP contribution < -0.4 is 4.74 Å². The van der Waals surface area contributed by atoms with Gasteiger partial charge in [-0.15, -0.1) is 0 Å². The number of hydrogen-bond donors (Lipinski definition) is 0. The number of nitrogens with zero attached hydrogens (tertiary/aromatic N) is 1. The molecule has 0 spiro atoms. The molecule has 5 nitrogen and oxygen atoms in total. The molecule has 0 aromatic heterocycles. The topological polar surface area (TPSA) is 63.7 Å². The maximum absolute atomic E-state index is 12.7. The molecule has 0 bridgehead atoms. The molecule has 1 aromatic carbocycles. The van der Waals surface area contributed by atoms with Crippen LogP contribution in [0.25, 0.3) is 0 Å². The molecule has 23 heavy (non-hydrogen) atoms. The Balaban J connectivity index is 2.12. The maximum Gasteiger partial charge on any atom is 0.254 e. The van der Waals surface area contributed by atoms with Gasteiger partial charge < -0.3 is 9.64 Å². The van der Waals surface area contributed by atoms with E-state index in [-0.39, 0.29) is 29.1 Å². The molecule has 1 heterocycles. The molecule has 1 saturated heterocycles. The van der Waals surface area contributed by atoms with E-state index in [4.69, 9.17) is 4.74 Å². The smallest absolute Gasteiger partial charge is 0.254 e. The minimum atomic E-state index is -3.01. The third-order valence-corrected chi connectivity index (χ3v) is 5.53. The third kappa shape index (κ3) is 4.70. The van der Waals surface area contributed by atoms with Crippen molar-refractivity contribution in [3.8, 4) is 5.75 Å². The van der Waals surface area contributed by atoms with E-state index in [0.29, 0.717) is 24.3 Å². The summed E-state index contributed by atoms with van der Waals surface area (Å²) in [5, 5.41) is 0. The zero-order valence-corrected chi connectivity index (χ0v) is 15.0. The van der Waals surface area contributed by atoms with Crippen LogP contribution in [-0.4, -0.2) is 48.9 Å². The fourth-order valence-corrected chi connectivity index (χ4v) is 4.50. The van der Waals surface area contributed by atoms with E-state index < -0.39 is 9.84 Å². The van der Waals surface area contributed by atoms with Crippen LogP contribution in [0.4, 0.5) is 0 Å². The van der Waals surface area contributed by atoms with E-state index in [0.717, 1.165) is 0 Å². The quantitative estimate of drug-likeness (QED) is 0.845. The molecule has 1 amide bonds. The summed E-state index contributed by atoms with van der Waals surface area (Å²) in [5.41, 5.74) is 0.261. The van der Waals surface area contributed by atoms with Gasteiger partial charge >= 0.3 is 0 Å². The summed E-state index contributed by atoms with van der Waals surface area (Å²) in [4.78, 5) is 14.3. The van der Waals surface area contributed by atoms with E-state index in [2.05, 4.69) is 0 Å². The fourth-order valence-electron chi connectivity index (χ4n) is 2.77. The van der Waals surface area contributed by atoms with Gasteiger partial charge in [0.25, 0.3) is 5.91 Å². The van der Waals surface area contributed by atoms with Crippen LogP contribution >= 0.6 is 0 Å². The number of carbonyl (C=O) groups is 1. The highest BCUT2D eigenvalue weighted by Crippen LogP contribution is 2.22. The molecule has 0 saturated carbocycles. The normalized spacial score (nSPS) is 20.3. The predicted octanol–water partition coefficient (Wildman–Crippen LogP) is 2.51. The van der Waals surface area contributed by atoms with Crippen LogP contribution in [0.2, 0.25) is 0 Å². The molecule has 0 radical (unpaired) electrons. The predicted molar refractivity (Wildman–Crippen MR) is 90.6 cm³/mol. The van der Waals surface area contributed by atoms with Crippen LogP contribution in [0.3, 0.4) is 0 Å². The fraction of sp³-hybridized carbons (Fsp3) is 0.588. The molecule has 2 rings (SSSR count). The first kappa shape index (κ1) is 17.8. The summed E-state index contributed by atoms with van der Waals surface area (Å²) in [7, 11) is -3.01. The molecule has 1 fully saturated rings. The van der Waals surface area contributed by atoms with E-state index in [1.165, 1.54) is 0 Å². The summed E-state index contributed by atoms with van der Waals surface area (Å²) in [6.45, 7) is 8.27. The van der Waals surface area contributed by atoms with E-state index in [9.17, 15) is 13.2 Å². The monoisotopic (exact) mass is 339 g/mol. The third-order valence-electron chi connectivity index (χ3n) is 3.78. The van der Waals surface area contributed by atoms with Gasteiger partial charge in [0.15, 0.2) is 9.84 Å². The molecule has 128 valence electrons. The second-order valence-corrected chi connectivity index (χ2v) is 9.12. The van der Waals surface area contributed by atoms with Gasteiger partial charge in [0.05, 0.1) is 11.5 Å². The average molecular weight is 339 g/mol. The summed E-state index contributed by atoms with van der Waals surface area (Å²) < 4.78 is 29.0. The van der Waals surface area contributed by atoms with Crippen molar-refractivity contribution >= 4 is 15.7 Å². The van der Waals surface area contributed by atoms with Crippen molar-refractivity contribution in [2.75, 3.05) is 18.1 Å². The van der Waals surface area contributed by atoms with E-state index in [1.807, 2.05) is 27.7 Å². The highest BCUT2D eigenvalue weighted by atomic mass is 32.2. The van der Waals surface area contributed by atoms with Crippen molar-refractivity contribution in [2.45, 2.75) is 45.8 Å².